The van der Waals surface area contributed by atoms with Crippen molar-refractivity contribution in [2.24, 2.45) is 0 Å². The van der Waals surface area contributed by atoms with Crippen LogP contribution in [-0.4, -0.2) is 50.5 Å². The minimum Gasteiger partial charge on any atom is -0.369 e. The normalized spacial score (nSPS) is 15.5. The first-order valence-electron chi connectivity index (χ1n) is 10.5. The largest absolute Gasteiger partial charge is 0.369 e. The molecule has 0 amide bonds. The Kier molecular flexibility index (Phi) is 5.04. The SMILES string of the molecule is CN1CCN(c2ccc3c(ccn3S(=O)(=O)c3ccccc3-c3ccccc3)c2)CC1. The van der Waals surface area contributed by atoms with E-state index in [0.29, 0.717) is 16.0 Å². The molecule has 5 rings (SSSR count). The van der Waals surface area contributed by atoms with Gasteiger partial charge in [-0.15, -0.1) is 0 Å². The Bertz CT molecular complexity index is 1320. The van der Waals surface area contributed by atoms with Crippen molar-refractivity contribution in [2.45, 2.75) is 4.90 Å². The minimum absolute atomic E-state index is 0.307. The molecule has 3 aromatic carbocycles. The van der Waals surface area contributed by atoms with Crippen molar-refractivity contribution in [3.63, 3.8) is 0 Å². The van der Waals surface area contributed by atoms with E-state index in [1.807, 2.05) is 60.7 Å². The average molecular weight is 432 g/mol. The van der Waals surface area contributed by atoms with Gasteiger partial charge < -0.3 is 9.80 Å². The van der Waals surface area contributed by atoms with Gasteiger partial charge in [0, 0.05) is 49.0 Å². The van der Waals surface area contributed by atoms with Gasteiger partial charge in [-0.3, -0.25) is 0 Å². The van der Waals surface area contributed by atoms with Gasteiger partial charge in [-0.25, -0.2) is 12.4 Å². The second kappa shape index (κ2) is 7.87. The number of nitrogens with zero attached hydrogens (tertiary/aromatic N) is 3. The second-order valence-corrected chi connectivity index (χ2v) is 9.80. The van der Waals surface area contributed by atoms with Gasteiger partial charge in [0.2, 0.25) is 0 Å². The molecule has 0 radical (unpaired) electrons. The van der Waals surface area contributed by atoms with Crippen LogP contribution in [0.25, 0.3) is 22.0 Å². The first-order chi connectivity index (χ1) is 15.0. The molecule has 158 valence electrons. The van der Waals surface area contributed by atoms with Crippen LogP contribution in [-0.2, 0) is 10.0 Å². The third-order valence-corrected chi connectivity index (χ3v) is 7.76. The van der Waals surface area contributed by atoms with Crippen LogP contribution in [0.5, 0.6) is 0 Å². The maximum Gasteiger partial charge on any atom is 0.268 e. The first kappa shape index (κ1) is 19.8. The van der Waals surface area contributed by atoms with Crippen molar-refractivity contribution in [2.75, 3.05) is 38.1 Å². The topological polar surface area (TPSA) is 45.5 Å². The van der Waals surface area contributed by atoms with E-state index >= 15 is 0 Å². The monoisotopic (exact) mass is 431 g/mol. The molecule has 4 aromatic rings. The zero-order valence-corrected chi connectivity index (χ0v) is 18.3. The lowest BCUT2D eigenvalue weighted by Crippen LogP contribution is -2.44. The Morgan fingerprint density at radius 3 is 2.26 bits per heavy atom. The molecular formula is C25H25N3O2S. The molecule has 1 aliphatic heterocycles. The van der Waals surface area contributed by atoms with Gasteiger partial charge in [0.1, 0.15) is 0 Å². The van der Waals surface area contributed by atoms with Gasteiger partial charge >= 0.3 is 0 Å². The van der Waals surface area contributed by atoms with Gasteiger partial charge in [-0.1, -0.05) is 48.5 Å². The summed E-state index contributed by atoms with van der Waals surface area (Å²) in [6.07, 6.45) is 1.66. The average Bonchev–Trinajstić information content (AvgIpc) is 3.24. The lowest BCUT2D eigenvalue weighted by molar-refractivity contribution is 0.313. The van der Waals surface area contributed by atoms with Crippen LogP contribution >= 0.6 is 0 Å². The Hall–Kier alpha value is -3.09. The number of likely N-dealkylation sites (N-methyl/N-ethyl adjacent to an activating group) is 1. The van der Waals surface area contributed by atoms with Gasteiger partial charge in [0.15, 0.2) is 0 Å². The number of hydrogen-bond donors (Lipinski definition) is 0. The number of fused-ring (bicyclic) bond motifs is 1. The highest BCUT2D eigenvalue weighted by molar-refractivity contribution is 7.90. The predicted octanol–water partition coefficient (Wildman–Crippen LogP) is 4.30. The van der Waals surface area contributed by atoms with E-state index in [9.17, 15) is 8.42 Å². The quantitative estimate of drug-likeness (QED) is 0.483. The summed E-state index contributed by atoms with van der Waals surface area (Å²) in [7, 11) is -1.61. The van der Waals surface area contributed by atoms with Crippen LogP contribution in [0.4, 0.5) is 5.69 Å². The number of benzene rings is 3. The number of piperazine rings is 1. The highest BCUT2D eigenvalue weighted by atomic mass is 32.2. The Balaban J connectivity index is 1.56. The molecule has 6 heteroatoms. The maximum atomic E-state index is 13.7. The molecule has 1 aromatic heterocycles. The highest BCUT2D eigenvalue weighted by Gasteiger charge is 2.23. The summed E-state index contributed by atoms with van der Waals surface area (Å²) in [5.41, 5.74) is 3.43. The highest BCUT2D eigenvalue weighted by Crippen LogP contribution is 2.31. The van der Waals surface area contributed by atoms with Gasteiger partial charge in [-0.05, 0) is 42.9 Å². The lowest BCUT2D eigenvalue weighted by atomic mass is 10.1. The standard InChI is InChI=1S/C25H25N3O2S/c1-26-15-17-27(18-16-26)22-11-12-24-21(19-22)13-14-28(24)31(29,30)25-10-6-5-9-23(25)20-7-3-2-4-8-20/h2-14,19H,15-18H2,1H3. The second-order valence-electron chi connectivity index (χ2n) is 8.01. The first-order valence-corrected chi connectivity index (χ1v) is 11.9. The van der Waals surface area contributed by atoms with E-state index in [0.717, 1.165) is 42.8 Å². The van der Waals surface area contributed by atoms with E-state index in [-0.39, 0.29) is 0 Å². The predicted molar refractivity (Wildman–Crippen MR) is 126 cm³/mol. The minimum atomic E-state index is -3.75. The fraction of sp³-hybridized carbons (Fsp3) is 0.200. The molecule has 0 unspecified atom stereocenters. The molecule has 0 aliphatic carbocycles. The van der Waals surface area contributed by atoms with Crippen LogP contribution in [0.15, 0.2) is 90.0 Å². The molecule has 1 aliphatic rings. The zero-order valence-electron chi connectivity index (χ0n) is 17.5. The van der Waals surface area contributed by atoms with Crippen molar-refractivity contribution in [3.05, 3.63) is 85.1 Å². The Labute approximate surface area is 183 Å². The van der Waals surface area contributed by atoms with E-state index < -0.39 is 10.0 Å². The third-order valence-electron chi connectivity index (χ3n) is 6.02. The fourth-order valence-electron chi connectivity index (χ4n) is 4.23. The maximum absolute atomic E-state index is 13.7. The van der Waals surface area contributed by atoms with E-state index in [2.05, 4.69) is 22.9 Å². The molecule has 0 spiro atoms. The van der Waals surface area contributed by atoms with Crippen molar-refractivity contribution in [1.82, 2.24) is 8.87 Å². The van der Waals surface area contributed by atoms with Crippen LogP contribution in [0.1, 0.15) is 0 Å². The van der Waals surface area contributed by atoms with Gasteiger partial charge in [0.25, 0.3) is 10.0 Å². The molecule has 0 bridgehead atoms. The Morgan fingerprint density at radius 2 is 1.48 bits per heavy atom. The number of rotatable bonds is 4. The summed E-state index contributed by atoms with van der Waals surface area (Å²) in [5, 5.41) is 0.928. The van der Waals surface area contributed by atoms with Crippen molar-refractivity contribution in [1.29, 1.82) is 0 Å². The molecule has 0 N–H and O–H groups in total. The van der Waals surface area contributed by atoms with Crippen LogP contribution in [0, 0.1) is 0 Å². The van der Waals surface area contributed by atoms with Gasteiger partial charge in [-0.2, -0.15) is 0 Å². The molecule has 0 saturated carbocycles. The van der Waals surface area contributed by atoms with E-state index in [1.54, 1.807) is 18.3 Å². The molecule has 5 nitrogen and oxygen atoms in total. The smallest absolute Gasteiger partial charge is 0.268 e. The van der Waals surface area contributed by atoms with Gasteiger partial charge in [0.05, 0.1) is 10.4 Å². The number of aromatic nitrogens is 1. The lowest BCUT2D eigenvalue weighted by Gasteiger charge is -2.34. The summed E-state index contributed by atoms with van der Waals surface area (Å²) < 4.78 is 28.7. The Morgan fingerprint density at radius 1 is 0.774 bits per heavy atom. The third kappa shape index (κ3) is 3.62. The summed E-state index contributed by atoms with van der Waals surface area (Å²) in [5.74, 6) is 0. The van der Waals surface area contributed by atoms with Crippen molar-refractivity contribution < 1.29 is 8.42 Å². The molecule has 2 heterocycles. The van der Waals surface area contributed by atoms with E-state index in [1.165, 1.54) is 3.97 Å². The summed E-state index contributed by atoms with van der Waals surface area (Å²) in [6, 6.07) is 24.8. The van der Waals surface area contributed by atoms with Crippen molar-refractivity contribution in [3.8, 4) is 11.1 Å². The van der Waals surface area contributed by atoms with Crippen LogP contribution in [0.2, 0.25) is 0 Å². The summed E-state index contributed by atoms with van der Waals surface area (Å²) in [4.78, 5) is 4.99. The number of hydrogen-bond acceptors (Lipinski definition) is 4. The summed E-state index contributed by atoms with van der Waals surface area (Å²) >= 11 is 0. The molecule has 1 fully saturated rings. The van der Waals surface area contributed by atoms with E-state index in [4.69, 9.17) is 0 Å². The fourth-order valence-corrected chi connectivity index (χ4v) is 5.80. The summed E-state index contributed by atoms with van der Waals surface area (Å²) in [6.45, 7) is 4.02. The zero-order chi connectivity index (χ0) is 21.4. The van der Waals surface area contributed by atoms with Crippen LogP contribution in [0.3, 0.4) is 0 Å². The molecule has 31 heavy (non-hydrogen) atoms. The number of anilines is 1. The molecule has 1 saturated heterocycles. The van der Waals surface area contributed by atoms with Crippen LogP contribution < -0.4 is 4.90 Å². The molecule has 0 atom stereocenters. The van der Waals surface area contributed by atoms with Crippen molar-refractivity contribution >= 4 is 26.6 Å². The molecular weight excluding hydrogens is 406 g/mol.